The Kier molecular flexibility index (Phi) is 68.1. The lowest BCUT2D eigenvalue weighted by atomic mass is 10.1. The Hall–Kier alpha value is 1.10. The minimum atomic E-state index is -4.97. The van der Waals surface area contributed by atoms with Crippen molar-refractivity contribution in [2.45, 2.75) is 96.8 Å². The van der Waals surface area contributed by atoms with Crippen molar-refractivity contribution in [3.8, 4) is 0 Å². The quantitative estimate of drug-likeness (QED) is 0.0403. The predicted molar refractivity (Wildman–Crippen MR) is 496 cm³/mol. The topological polar surface area (TPSA) is 1090 Å². The van der Waals surface area contributed by atoms with Crippen molar-refractivity contribution in [1.82, 2.24) is 0 Å². The molecule has 0 saturated heterocycles. The standard InChI is InChI=1S/C15H36O65Si65/c1-5-6-7-8-9-10-11-12-13-14-15-145(4,79-83(18)81-16)143(78)141(76)139(74)137(72)135(70)133(68)131(66)129(64)127(62)125(60)123(58)121(56)119(54)117(52)112(47)110(45)108(43)106(41)104(39)102(37)100(35)98(33)96(31)94(29)92(27)90(25)88(23)86(21)84(19)80-144(2,3)142(77)140(75)138(73)136(71)134(69)132(67)130(65)128(63)126(61)124(59)122(57)120(55)118(53)116(51)115(50)114(49)113(48)111(46)109(44)107(42)105(40)103(38)101(36)99(34)97(32)95(30)93(28)91(26)89(24)87(22)85(20)82-17/h81-82H,5-15H2,1-4H3. The summed E-state index contributed by atoms with van der Waals surface area (Å²) in [6.45, 7) is 4.37. The molecule has 0 N–H and O–H groups in total. The van der Waals surface area contributed by atoms with Crippen LogP contribution >= 0.6 is 0 Å². The first-order valence-electron chi connectivity index (χ1n) is 36.9. The normalized spacial score (nSPS) is 10.6. The first-order chi connectivity index (χ1) is 66.4. The fourth-order valence-electron chi connectivity index (χ4n) is 9.07. The molecule has 0 radical (unpaired) electrons. The second kappa shape index (κ2) is 67.6. The predicted octanol–water partition coefficient (Wildman–Crippen LogP) is -26.3. The van der Waals surface area contributed by atoms with Gasteiger partial charge < -0.3 is 289 Å². The van der Waals surface area contributed by atoms with Gasteiger partial charge in [-0.2, -0.15) is 0 Å². The molecule has 0 heterocycles. The number of hydrogen-bond donors (Lipinski definition) is 0. The molecule has 0 aliphatic heterocycles. The van der Waals surface area contributed by atoms with Crippen LogP contribution in [0.25, 0.3) is 0 Å². The lowest BCUT2D eigenvalue weighted by Gasteiger charge is -2.23. The van der Waals surface area contributed by atoms with Crippen LogP contribution in [0.2, 0.25) is 25.7 Å². The molecule has 1 atom stereocenters. The van der Waals surface area contributed by atoms with Gasteiger partial charge in [0.25, 0.3) is 15.7 Å². The molecule has 746 valence electrons. The fourth-order valence-corrected chi connectivity index (χ4v) is 742. The minimum Gasteiger partial charge on any atom is -0.575 e. The molecule has 0 spiro atoms. The molecule has 130 heteroatoms. The van der Waals surface area contributed by atoms with Gasteiger partial charge in [0.05, 0.1) is 0 Å². The molecule has 0 aliphatic carbocycles. The zero-order valence-corrected chi connectivity index (χ0v) is 136. The Morgan fingerprint density at radius 1 is 0.159 bits per heavy atom. The van der Waals surface area contributed by atoms with E-state index in [0.29, 0.717) is 25.9 Å². The van der Waals surface area contributed by atoms with Crippen LogP contribution in [0.1, 0.15) is 71.1 Å². The average molecular weight is 3080 g/mol. The highest BCUT2D eigenvalue weighted by Crippen LogP contribution is 2.20. The Labute approximate surface area is 880 Å². The number of unbranched alkanes of at least 4 members (excludes halogenated alkanes) is 9. The van der Waals surface area contributed by atoms with Crippen molar-refractivity contribution in [1.29, 1.82) is 0 Å². The molecule has 0 aromatic rings. The van der Waals surface area contributed by atoms with Crippen molar-refractivity contribution in [2.24, 2.45) is 0 Å². The summed E-state index contributed by atoms with van der Waals surface area (Å²) in [5.41, 5.74) is 0. The van der Waals surface area contributed by atoms with Crippen LogP contribution in [0.15, 0.2) is 0 Å². The highest BCUT2D eigenvalue weighted by Gasteiger charge is 2.64. The van der Waals surface area contributed by atoms with Crippen LogP contribution in [-0.4, -0.2) is 506 Å². The Bertz CT molecular complexity index is 6800. The molecule has 0 amide bonds. The van der Waals surface area contributed by atoms with Crippen LogP contribution < -0.4 is 0 Å². The summed E-state index contributed by atoms with van der Waals surface area (Å²) in [5, 5.41) is 0. The van der Waals surface area contributed by atoms with E-state index in [0.717, 1.165) is 51.5 Å². The molecule has 0 aliphatic rings. The fraction of sp³-hybridized carbons (Fsp3) is 1.00. The molecular formula is C15H36O65Si65. The molecule has 0 fully saturated rings. The van der Waals surface area contributed by atoms with E-state index in [1.807, 2.05) is 6.92 Å². The van der Waals surface area contributed by atoms with Crippen LogP contribution in [0.3, 0.4) is 0 Å². The largest absolute Gasteiger partial charge is 0.575 e. The highest BCUT2D eigenvalue weighted by molar-refractivity contribution is 7.88. The smallest absolute Gasteiger partial charge is 0.532 e. The van der Waals surface area contributed by atoms with E-state index >= 15 is 0 Å². The lowest BCUT2D eigenvalue weighted by Crippen LogP contribution is -2.59. The van der Waals surface area contributed by atoms with Crippen molar-refractivity contribution < 1.29 is 289 Å². The Balaban J connectivity index is 6.09. The SMILES string of the molecule is CCCCCCCCCCCC[Si](C)(O[Si](=O)[SiH]=O)[Si](=O)[Si](=O)[Si](=O)[Si](=O)[Si](=O)[Si](=O)[Si](=O)[Si](=O)[Si](=O)[Si](=O)[Si](=O)[Si](=O)[Si](=O)[Si](=O)[Si](=O)[Si](=O)[Si](=O)[Si](=O)[Si](=O)[Si](=O)[Si](=O)[Si](=O)[Si](=O)[Si](=O)[Si](=O)[Si](=O)[Si](=O)[Si](=O)[Si](=O)O[Si](C)(C)[Si](=O)[Si](=O)[Si](=O)[Si](=O)[Si](=O)[Si](=O)[Si](=O)[Si](=O)[Si](=O)[Si](=O)[Si](=O)[Si](=O)[Si](=O)[Si](=O)[Si](=O)[Si](=O)[Si](=O)[Si](=O)[Si](=O)[Si](=O)[Si](=O)[Si](=O)[Si](=O)[Si](=O)[Si](=O)[Si](=O)[Si](=O)[Si](=O)[Si](=O)[Si](=O)[Si](=O)[SiH]=O. The molecule has 0 saturated carbocycles. The van der Waals surface area contributed by atoms with E-state index in [4.69, 9.17) is 8.23 Å². The third-order valence-electron chi connectivity index (χ3n) is 16.9. The zero-order valence-electron chi connectivity index (χ0n) is 71.0. The number of rotatable bonds is 77. The van der Waals surface area contributed by atoms with E-state index < -0.39 is 506 Å². The van der Waals surface area contributed by atoms with E-state index in [1.165, 1.54) is 0 Å². The molecule has 0 bridgehead atoms. The van der Waals surface area contributed by atoms with Crippen molar-refractivity contribution >= 4 is 506 Å². The highest BCUT2D eigenvalue weighted by atomic mass is 30.2. The first kappa shape index (κ1) is 146. The third-order valence-corrected chi connectivity index (χ3v) is 509. The maximum Gasteiger partial charge on any atom is 0.532 e. The summed E-state index contributed by atoms with van der Waals surface area (Å²) >= 11 is 0. The minimum absolute atomic E-state index is 0.157. The molecular weight excluding hydrogens is 3050 g/mol. The number of hydrogen-bond acceptors (Lipinski definition) is 65. The van der Waals surface area contributed by atoms with E-state index in [9.17, 15) is 281 Å². The van der Waals surface area contributed by atoms with Crippen molar-refractivity contribution in [3.63, 3.8) is 0 Å². The van der Waals surface area contributed by atoms with Crippen LogP contribution in [-0.2, 0) is 289 Å². The second-order valence-electron chi connectivity index (χ2n) is 27.2. The molecule has 145 heavy (non-hydrogen) atoms. The summed E-state index contributed by atoms with van der Waals surface area (Å²) in [7, 11) is -302. The van der Waals surface area contributed by atoms with Crippen LogP contribution in [0.4, 0.5) is 0 Å². The molecule has 65 nitrogen and oxygen atoms in total. The summed E-state index contributed by atoms with van der Waals surface area (Å²) in [5.74, 6) is 0. The third kappa shape index (κ3) is 40.1. The zero-order chi connectivity index (χ0) is 114. The van der Waals surface area contributed by atoms with Gasteiger partial charge in [-0.3, -0.25) is 0 Å². The van der Waals surface area contributed by atoms with E-state index in [-0.39, 0.29) is 12.5 Å². The summed E-state index contributed by atoms with van der Waals surface area (Å²) < 4.78 is 822. The van der Waals surface area contributed by atoms with Gasteiger partial charge >= 0.3 is 490 Å². The van der Waals surface area contributed by atoms with Crippen LogP contribution in [0.5, 0.6) is 0 Å². The Morgan fingerprint density at radius 2 is 0.297 bits per heavy atom. The van der Waals surface area contributed by atoms with E-state index in [2.05, 4.69) is 0 Å². The van der Waals surface area contributed by atoms with Gasteiger partial charge in [0.2, 0.25) is 0 Å². The summed E-state index contributed by atoms with van der Waals surface area (Å²) in [6, 6.07) is -0.157. The first-order valence-corrected chi connectivity index (χ1v) is 193. The van der Waals surface area contributed by atoms with Gasteiger partial charge in [-0.25, -0.2) is 0 Å². The second-order valence-corrected chi connectivity index (χ2v) is 336. The Morgan fingerprint density at radius 3 is 0.455 bits per heavy atom. The van der Waals surface area contributed by atoms with Crippen molar-refractivity contribution in [2.75, 3.05) is 0 Å². The van der Waals surface area contributed by atoms with Gasteiger partial charge in [0, 0.05) is 0 Å². The molecule has 0 aromatic carbocycles. The maximum atomic E-state index is 13.7. The van der Waals surface area contributed by atoms with E-state index in [1.54, 1.807) is 0 Å². The van der Waals surface area contributed by atoms with Gasteiger partial charge in [-0.15, -0.1) is 0 Å². The van der Waals surface area contributed by atoms with Gasteiger partial charge in [0.1, 0.15) is 0 Å². The summed E-state index contributed by atoms with van der Waals surface area (Å²) in [6.07, 6.45) is 8.13. The maximum absolute atomic E-state index is 13.7. The molecule has 0 rings (SSSR count). The average Bonchev–Trinajstić information content (AvgIpc) is 0.811. The summed E-state index contributed by atoms with van der Waals surface area (Å²) in [4.78, 5) is 0. The van der Waals surface area contributed by atoms with Gasteiger partial charge in [-0.1, -0.05) is 71.1 Å². The lowest BCUT2D eigenvalue weighted by molar-refractivity contribution is 0.460. The molecule has 1 unspecified atom stereocenters. The molecule has 0 aromatic heterocycles. The van der Waals surface area contributed by atoms with Crippen LogP contribution in [0, 0.1) is 0 Å². The van der Waals surface area contributed by atoms with Gasteiger partial charge in [-0.05, 0) is 25.7 Å². The van der Waals surface area contributed by atoms with Crippen molar-refractivity contribution in [3.05, 3.63) is 0 Å². The monoisotopic (exact) mass is 3070 g/mol. The van der Waals surface area contributed by atoms with Gasteiger partial charge in [0.15, 0.2) is 0 Å².